The molecule has 0 fully saturated rings. The Morgan fingerprint density at radius 3 is 2.46 bits per heavy atom. The summed E-state index contributed by atoms with van der Waals surface area (Å²) in [5.74, 6) is -0.302. The number of anilines is 1. The van der Waals surface area contributed by atoms with Crippen molar-refractivity contribution in [2.45, 2.75) is 12.5 Å². The molecular weight excluding hydrogens is 416 g/mol. The third-order valence-electron chi connectivity index (χ3n) is 3.13. The lowest BCUT2D eigenvalue weighted by atomic mass is 10.0. The first-order valence-electron chi connectivity index (χ1n) is 7.01. The van der Waals surface area contributed by atoms with Crippen molar-refractivity contribution in [3.8, 4) is 0 Å². The van der Waals surface area contributed by atoms with Gasteiger partial charge in [0.05, 0.1) is 12.3 Å². The van der Waals surface area contributed by atoms with Gasteiger partial charge in [-0.2, -0.15) is 0 Å². The molecule has 1 amide bonds. The molecule has 0 saturated heterocycles. The largest absolute Gasteiger partial charge is 0.326 e. The molecule has 1 atom stereocenters. The van der Waals surface area contributed by atoms with Gasteiger partial charge < -0.3 is 5.32 Å². The van der Waals surface area contributed by atoms with E-state index in [-0.39, 0.29) is 12.3 Å². The Kier molecular flexibility index (Phi) is 6.40. The lowest BCUT2D eigenvalue weighted by Crippen LogP contribution is -2.30. The topological polar surface area (TPSA) is 75.3 Å². The Labute approximate surface area is 154 Å². The Bertz CT molecular complexity index is 825. The van der Waals surface area contributed by atoms with Crippen LogP contribution in [0.4, 0.5) is 5.69 Å². The summed E-state index contributed by atoms with van der Waals surface area (Å²) in [4.78, 5) is 12.3. The molecule has 0 spiro atoms. The molecule has 128 valence electrons. The second kappa shape index (κ2) is 8.11. The van der Waals surface area contributed by atoms with Crippen molar-refractivity contribution in [3.63, 3.8) is 0 Å². The molecule has 0 aromatic heterocycles. The van der Waals surface area contributed by atoms with E-state index in [0.717, 1.165) is 10.7 Å². The zero-order chi connectivity index (χ0) is 17.7. The third kappa shape index (κ3) is 6.24. The first-order chi connectivity index (χ1) is 11.2. The quantitative estimate of drug-likeness (QED) is 0.732. The van der Waals surface area contributed by atoms with Crippen LogP contribution in [-0.2, 0) is 14.8 Å². The first kappa shape index (κ1) is 18.9. The van der Waals surface area contributed by atoms with Crippen molar-refractivity contribution in [3.05, 3.63) is 63.6 Å². The molecule has 8 heteroatoms. The minimum absolute atomic E-state index is 0.0405. The first-order valence-corrected chi connectivity index (χ1v) is 10.1. The molecule has 2 aromatic carbocycles. The predicted molar refractivity (Wildman–Crippen MR) is 99.6 cm³/mol. The van der Waals surface area contributed by atoms with Crippen LogP contribution in [0.1, 0.15) is 18.0 Å². The standard InChI is InChI=1S/C16H16BrClN2O3S/c1-24(22,23)20-15(11-5-7-13(18)8-6-11)10-16(21)19-14-4-2-3-12(17)9-14/h2-9,15,20H,10H2,1H3,(H,19,21)/t15-/m1/s1. The van der Waals surface area contributed by atoms with Gasteiger partial charge in [0, 0.05) is 21.6 Å². The van der Waals surface area contributed by atoms with Crippen LogP contribution >= 0.6 is 27.5 Å². The SMILES string of the molecule is CS(=O)(=O)N[C@H](CC(=O)Nc1cccc(Br)c1)c1ccc(Cl)cc1. The number of carbonyl (C=O) groups excluding carboxylic acids is 1. The second-order valence-electron chi connectivity index (χ2n) is 5.26. The number of nitrogens with one attached hydrogen (secondary N) is 2. The minimum atomic E-state index is -3.48. The zero-order valence-electron chi connectivity index (χ0n) is 12.8. The Morgan fingerprint density at radius 1 is 1.21 bits per heavy atom. The maximum atomic E-state index is 12.3. The van der Waals surface area contributed by atoms with Gasteiger partial charge in [0.2, 0.25) is 15.9 Å². The molecule has 0 aliphatic rings. The van der Waals surface area contributed by atoms with Gasteiger partial charge in [0.1, 0.15) is 0 Å². The number of hydrogen-bond donors (Lipinski definition) is 2. The third-order valence-corrected chi connectivity index (χ3v) is 4.58. The molecule has 0 bridgehead atoms. The van der Waals surface area contributed by atoms with E-state index in [1.54, 1.807) is 42.5 Å². The van der Waals surface area contributed by atoms with Crippen LogP contribution in [0, 0.1) is 0 Å². The van der Waals surface area contributed by atoms with Gasteiger partial charge in [0.15, 0.2) is 0 Å². The van der Waals surface area contributed by atoms with Crippen molar-refractivity contribution >= 4 is 49.1 Å². The lowest BCUT2D eigenvalue weighted by Gasteiger charge is -2.18. The fourth-order valence-electron chi connectivity index (χ4n) is 2.14. The highest BCUT2D eigenvalue weighted by Gasteiger charge is 2.20. The van der Waals surface area contributed by atoms with E-state index in [2.05, 4.69) is 26.0 Å². The highest BCUT2D eigenvalue weighted by Crippen LogP contribution is 2.22. The second-order valence-corrected chi connectivity index (χ2v) is 8.39. The summed E-state index contributed by atoms with van der Waals surface area (Å²) in [6, 6.07) is 13.2. The van der Waals surface area contributed by atoms with Gasteiger partial charge in [-0.15, -0.1) is 0 Å². The molecule has 24 heavy (non-hydrogen) atoms. The molecule has 0 heterocycles. The smallest absolute Gasteiger partial charge is 0.226 e. The average Bonchev–Trinajstić information content (AvgIpc) is 2.45. The summed E-state index contributed by atoms with van der Waals surface area (Å²) in [6.07, 6.45) is 1.02. The van der Waals surface area contributed by atoms with Gasteiger partial charge in [-0.05, 0) is 35.9 Å². The number of rotatable bonds is 6. The Morgan fingerprint density at radius 2 is 1.88 bits per heavy atom. The van der Waals surface area contributed by atoms with Crippen LogP contribution in [-0.4, -0.2) is 20.6 Å². The maximum absolute atomic E-state index is 12.3. The maximum Gasteiger partial charge on any atom is 0.226 e. The van der Waals surface area contributed by atoms with E-state index >= 15 is 0 Å². The minimum Gasteiger partial charge on any atom is -0.326 e. The van der Waals surface area contributed by atoms with Crippen molar-refractivity contribution < 1.29 is 13.2 Å². The Hall–Kier alpha value is -1.41. The van der Waals surface area contributed by atoms with Crippen LogP contribution in [0.25, 0.3) is 0 Å². The van der Waals surface area contributed by atoms with Crippen LogP contribution < -0.4 is 10.0 Å². The number of benzene rings is 2. The molecule has 0 radical (unpaired) electrons. The van der Waals surface area contributed by atoms with Crippen LogP contribution in [0.5, 0.6) is 0 Å². The normalized spacial score (nSPS) is 12.6. The van der Waals surface area contributed by atoms with Crippen molar-refractivity contribution in [2.24, 2.45) is 0 Å². The molecule has 0 aliphatic carbocycles. The zero-order valence-corrected chi connectivity index (χ0v) is 16.0. The summed E-state index contributed by atoms with van der Waals surface area (Å²) < 4.78 is 26.5. The van der Waals surface area contributed by atoms with Crippen molar-refractivity contribution in [1.29, 1.82) is 0 Å². The molecule has 0 unspecified atom stereocenters. The van der Waals surface area contributed by atoms with E-state index in [1.165, 1.54) is 0 Å². The monoisotopic (exact) mass is 430 g/mol. The van der Waals surface area contributed by atoms with E-state index in [1.807, 2.05) is 6.07 Å². The number of sulfonamides is 1. The van der Waals surface area contributed by atoms with Gasteiger partial charge >= 0.3 is 0 Å². The van der Waals surface area contributed by atoms with E-state index in [9.17, 15) is 13.2 Å². The molecule has 0 saturated carbocycles. The van der Waals surface area contributed by atoms with Crippen molar-refractivity contribution in [1.82, 2.24) is 4.72 Å². The molecule has 2 N–H and O–H groups in total. The van der Waals surface area contributed by atoms with Crippen LogP contribution in [0.3, 0.4) is 0 Å². The molecule has 0 aliphatic heterocycles. The summed E-state index contributed by atoms with van der Waals surface area (Å²) in [5.41, 5.74) is 1.29. The number of halogens is 2. The van der Waals surface area contributed by atoms with Crippen LogP contribution in [0.15, 0.2) is 53.0 Å². The number of carbonyl (C=O) groups is 1. The van der Waals surface area contributed by atoms with E-state index < -0.39 is 16.1 Å². The van der Waals surface area contributed by atoms with E-state index in [0.29, 0.717) is 16.3 Å². The lowest BCUT2D eigenvalue weighted by molar-refractivity contribution is -0.116. The summed E-state index contributed by atoms with van der Waals surface area (Å²) >= 11 is 9.19. The van der Waals surface area contributed by atoms with E-state index in [4.69, 9.17) is 11.6 Å². The van der Waals surface area contributed by atoms with Gasteiger partial charge in [-0.1, -0.05) is 45.7 Å². The van der Waals surface area contributed by atoms with Gasteiger partial charge in [-0.25, -0.2) is 13.1 Å². The molecule has 2 rings (SSSR count). The van der Waals surface area contributed by atoms with Crippen LogP contribution in [0.2, 0.25) is 5.02 Å². The highest BCUT2D eigenvalue weighted by molar-refractivity contribution is 9.10. The van der Waals surface area contributed by atoms with Gasteiger partial charge in [-0.3, -0.25) is 4.79 Å². The highest BCUT2D eigenvalue weighted by atomic mass is 79.9. The summed E-state index contributed by atoms with van der Waals surface area (Å²) in [6.45, 7) is 0. The average molecular weight is 432 g/mol. The molecule has 2 aromatic rings. The van der Waals surface area contributed by atoms with Gasteiger partial charge in [0.25, 0.3) is 0 Å². The predicted octanol–water partition coefficient (Wildman–Crippen LogP) is 3.72. The summed E-state index contributed by atoms with van der Waals surface area (Å²) in [7, 11) is -3.48. The van der Waals surface area contributed by atoms with Crippen molar-refractivity contribution in [2.75, 3.05) is 11.6 Å². The molecular formula is C16H16BrClN2O3S. The fraction of sp³-hybridized carbons (Fsp3) is 0.188. The fourth-order valence-corrected chi connectivity index (χ4v) is 3.41. The summed E-state index contributed by atoms with van der Waals surface area (Å²) in [5, 5.41) is 3.29. The number of amides is 1. The Balaban J connectivity index is 2.15. The molecule has 5 nitrogen and oxygen atoms in total. The number of hydrogen-bond acceptors (Lipinski definition) is 3.